The highest BCUT2D eigenvalue weighted by atomic mass is 79.9. The van der Waals surface area contributed by atoms with Crippen LogP contribution in [0.2, 0.25) is 0 Å². The first-order chi connectivity index (χ1) is 9.65. The Bertz CT molecular complexity index is 605. The Morgan fingerprint density at radius 2 is 1.75 bits per heavy atom. The van der Waals surface area contributed by atoms with Crippen LogP contribution in [0.5, 0.6) is 11.5 Å². The van der Waals surface area contributed by atoms with Crippen molar-refractivity contribution in [3.8, 4) is 17.6 Å². The molecule has 102 valence electrons. The molecule has 5 heteroatoms. The molecule has 0 aliphatic rings. The van der Waals surface area contributed by atoms with E-state index < -0.39 is 6.04 Å². The fourth-order valence-electron chi connectivity index (χ4n) is 1.79. The van der Waals surface area contributed by atoms with Crippen LogP contribution in [0.15, 0.2) is 48.5 Å². The van der Waals surface area contributed by atoms with E-state index in [0.717, 1.165) is 17.0 Å². The molecule has 0 saturated heterocycles. The average Bonchev–Trinajstić information content (AvgIpc) is 2.50. The highest BCUT2D eigenvalue weighted by Crippen LogP contribution is 2.31. The Morgan fingerprint density at radius 1 is 1.15 bits per heavy atom. The maximum absolute atomic E-state index is 9.37. The van der Waals surface area contributed by atoms with Crippen molar-refractivity contribution in [1.82, 2.24) is 0 Å². The van der Waals surface area contributed by atoms with Gasteiger partial charge in [-0.05, 0) is 42.0 Å². The maximum Gasteiger partial charge on any atom is 0.152 e. The molecule has 0 radical (unpaired) electrons. The summed E-state index contributed by atoms with van der Waals surface area (Å²) in [6.07, 6.45) is 0. The van der Waals surface area contributed by atoms with Gasteiger partial charge in [0.15, 0.2) is 6.04 Å². The lowest BCUT2D eigenvalue weighted by atomic mass is 10.1. The molecule has 20 heavy (non-hydrogen) atoms. The zero-order valence-electron chi connectivity index (χ0n) is 10.8. The molecule has 0 heterocycles. The number of ether oxygens (including phenoxy) is 1. The number of rotatable bonds is 4. The summed E-state index contributed by atoms with van der Waals surface area (Å²) >= 11 is 3.42. The predicted molar refractivity (Wildman–Crippen MR) is 80.9 cm³/mol. The second kappa shape index (κ2) is 6.31. The fraction of sp³-hybridized carbons (Fsp3) is 0.133. The average molecular weight is 333 g/mol. The van der Waals surface area contributed by atoms with E-state index >= 15 is 0 Å². The van der Waals surface area contributed by atoms with Crippen molar-refractivity contribution in [1.29, 1.82) is 5.26 Å². The fourth-order valence-corrected chi connectivity index (χ4v) is 2.35. The third-order valence-corrected chi connectivity index (χ3v) is 3.70. The molecule has 0 saturated carbocycles. The lowest BCUT2D eigenvalue weighted by Gasteiger charge is -2.22. The largest absolute Gasteiger partial charge is 0.508 e. The summed E-state index contributed by atoms with van der Waals surface area (Å²) in [5.74, 6) is 0.934. The molecule has 1 unspecified atom stereocenters. The van der Waals surface area contributed by atoms with E-state index in [-0.39, 0.29) is 5.75 Å². The van der Waals surface area contributed by atoms with Crippen molar-refractivity contribution in [2.75, 3.05) is 11.0 Å². The molecule has 2 aromatic rings. The van der Waals surface area contributed by atoms with Gasteiger partial charge in [-0.15, -0.1) is 0 Å². The van der Waals surface area contributed by atoms with Crippen LogP contribution in [0.3, 0.4) is 0 Å². The molecule has 0 aliphatic heterocycles. The molecule has 0 aromatic heterocycles. The van der Waals surface area contributed by atoms with E-state index in [2.05, 4.69) is 22.2 Å². The number of hydrogen-bond donors (Lipinski definition) is 1. The van der Waals surface area contributed by atoms with Gasteiger partial charge in [0.2, 0.25) is 0 Å². The normalized spacial score (nSPS) is 11.4. The van der Waals surface area contributed by atoms with E-state index in [1.807, 2.05) is 24.3 Å². The number of nitrogens with zero attached hydrogens (tertiary/aromatic N) is 2. The van der Waals surface area contributed by atoms with Crippen LogP contribution in [-0.2, 0) is 0 Å². The molecular weight excluding hydrogens is 320 g/mol. The van der Waals surface area contributed by atoms with Crippen LogP contribution < -0.4 is 8.66 Å². The van der Waals surface area contributed by atoms with Crippen LogP contribution in [0.4, 0.5) is 5.69 Å². The molecule has 0 amide bonds. The third kappa shape index (κ3) is 3.03. The van der Waals surface area contributed by atoms with E-state index in [1.165, 1.54) is 0 Å². The molecule has 1 N–H and O–H groups in total. The Kier molecular flexibility index (Phi) is 4.49. The first-order valence-corrected chi connectivity index (χ1v) is 6.64. The second-order valence-corrected chi connectivity index (χ2v) is 4.90. The summed E-state index contributed by atoms with van der Waals surface area (Å²) in [6.45, 7) is 0. The number of aromatic hydroxyl groups is 1. The van der Waals surface area contributed by atoms with Gasteiger partial charge >= 0.3 is 0 Å². The van der Waals surface area contributed by atoms with E-state index in [4.69, 9.17) is 4.74 Å². The Hall–Kier alpha value is -2.19. The molecular formula is C15H13BrN2O2. The van der Waals surface area contributed by atoms with Crippen molar-refractivity contribution < 1.29 is 9.84 Å². The van der Waals surface area contributed by atoms with Gasteiger partial charge in [0.05, 0.1) is 29.3 Å². The minimum absolute atomic E-state index is 0.177. The number of halogens is 1. The molecule has 2 rings (SSSR count). The van der Waals surface area contributed by atoms with E-state index in [9.17, 15) is 10.4 Å². The van der Waals surface area contributed by atoms with Gasteiger partial charge in [-0.3, -0.25) is 3.93 Å². The zero-order chi connectivity index (χ0) is 14.5. The first kappa shape index (κ1) is 14.2. The quantitative estimate of drug-likeness (QED) is 0.865. The number of hydrogen-bond acceptors (Lipinski definition) is 4. The van der Waals surface area contributed by atoms with Gasteiger partial charge in [0.25, 0.3) is 0 Å². The number of phenolic OH excluding ortho intramolecular Hbond substituents is 1. The predicted octanol–water partition coefficient (Wildman–Crippen LogP) is 3.78. The number of phenols is 1. The van der Waals surface area contributed by atoms with Crippen LogP contribution in [0, 0.1) is 11.3 Å². The summed E-state index contributed by atoms with van der Waals surface area (Å²) in [5, 5.41) is 18.7. The second-order valence-electron chi connectivity index (χ2n) is 4.13. The van der Waals surface area contributed by atoms with Gasteiger partial charge in [-0.2, -0.15) is 5.26 Å². The summed E-state index contributed by atoms with van der Waals surface area (Å²) < 4.78 is 6.80. The van der Waals surface area contributed by atoms with Crippen molar-refractivity contribution in [3.05, 3.63) is 54.1 Å². The van der Waals surface area contributed by atoms with Crippen LogP contribution in [0.1, 0.15) is 11.6 Å². The van der Waals surface area contributed by atoms with Gasteiger partial charge in [-0.25, -0.2) is 0 Å². The molecule has 0 bridgehead atoms. The van der Waals surface area contributed by atoms with Crippen molar-refractivity contribution in [3.63, 3.8) is 0 Å². The Morgan fingerprint density at radius 3 is 2.25 bits per heavy atom. The zero-order valence-corrected chi connectivity index (χ0v) is 12.4. The van der Waals surface area contributed by atoms with Gasteiger partial charge in [-0.1, -0.05) is 12.1 Å². The molecule has 0 aliphatic carbocycles. The highest BCUT2D eigenvalue weighted by Gasteiger charge is 2.18. The monoisotopic (exact) mass is 332 g/mol. The lowest BCUT2D eigenvalue weighted by molar-refractivity contribution is 0.415. The van der Waals surface area contributed by atoms with Gasteiger partial charge < -0.3 is 9.84 Å². The molecule has 1 atom stereocenters. The number of methoxy groups -OCH3 is 1. The SMILES string of the molecule is COc1ccc(N(Br)C(C#N)c2ccc(O)cc2)cc1. The molecule has 0 spiro atoms. The lowest BCUT2D eigenvalue weighted by Crippen LogP contribution is -2.16. The van der Waals surface area contributed by atoms with Crippen molar-refractivity contribution in [2.24, 2.45) is 0 Å². The standard InChI is InChI=1S/C15H13BrN2O2/c1-20-14-8-4-12(5-9-14)18(16)15(10-17)11-2-6-13(19)7-3-11/h2-9,15,19H,1H3. The highest BCUT2D eigenvalue weighted by molar-refractivity contribution is 9.10. The number of benzene rings is 2. The minimum atomic E-state index is -0.496. The number of nitriles is 1. The van der Waals surface area contributed by atoms with Crippen LogP contribution in [-0.4, -0.2) is 12.2 Å². The topological polar surface area (TPSA) is 56.5 Å². The molecule has 2 aromatic carbocycles. The van der Waals surface area contributed by atoms with Crippen molar-refractivity contribution >= 4 is 21.8 Å². The molecule has 4 nitrogen and oxygen atoms in total. The summed E-state index contributed by atoms with van der Waals surface area (Å²) in [7, 11) is 1.61. The summed E-state index contributed by atoms with van der Waals surface area (Å²) in [5.41, 5.74) is 1.63. The third-order valence-electron chi connectivity index (χ3n) is 2.88. The summed E-state index contributed by atoms with van der Waals surface area (Å²) in [6, 6.07) is 15.7. The van der Waals surface area contributed by atoms with E-state index in [0.29, 0.717) is 0 Å². The summed E-state index contributed by atoms with van der Waals surface area (Å²) in [4.78, 5) is 0. The Labute approximate surface area is 126 Å². The number of anilines is 1. The van der Waals surface area contributed by atoms with Gasteiger partial charge in [0, 0.05) is 5.69 Å². The molecule has 0 fully saturated rings. The Balaban J connectivity index is 2.26. The minimum Gasteiger partial charge on any atom is -0.508 e. The van der Waals surface area contributed by atoms with E-state index in [1.54, 1.807) is 35.3 Å². The van der Waals surface area contributed by atoms with Crippen LogP contribution in [0.25, 0.3) is 0 Å². The van der Waals surface area contributed by atoms with Gasteiger partial charge in [0.1, 0.15) is 11.5 Å². The van der Waals surface area contributed by atoms with Crippen molar-refractivity contribution in [2.45, 2.75) is 6.04 Å². The maximum atomic E-state index is 9.37. The first-order valence-electron chi connectivity index (χ1n) is 5.93. The van der Waals surface area contributed by atoms with Crippen LogP contribution >= 0.6 is 16.1 Å². The smallest absolute Gasteiger partial charge is 0.152 e.